The molecule has 2 amide bonds. The van der Waals surface area contributed by atoms with E-state index in [-0.39, 0.29) is 18.9 Å². The van der Waals surface area contributed by atoms with Crippen molar-refractivity contribution in [2.75, 3.05) is 23.4 Å². The van der Waals surface area contributed by atoms with Crippen molar-refractivity contribution in [3.05, 3.63) is 82.9 Å². The summed E-state index contributed by atoms with van der Waals surface area (Å²) in [4.78, 5) is 38.9. The predicted octanol–water partition coefficient (Wildman–Crippen LogP) is 5.25. The molecule has 0 saturated carbocycles. The fraction of sp³-hybridized carbons (Fsp3) is 0.276. The van der Waals surface area contributed by atoms with Gasteiger partial charge in [0.05, 0.1) is 5.92 Å². The third-order valence-corrected chi connectivity index (χ3v) is 6.46. The lowest BCUT2D eigenvalue weighted by Gasteiger charge is -2.17. The average Bonchev–Trinajstić information content (AvgIpc) is 3.24. The van der Waals surface area contributed by atoms with Crippen LogP contribution in [0, 0.1) is 33.6 Å². The number of amides is 2. The van der Waals surface area contributed by atoms with Crippen LogP contribution in [0.5, 0.6) is 11.5 Å². The fourth-order valence-electron chi connectivity index (χ4n) is 3.99. The molecule has 186 valence electrons. The van der Waals surface area contributed by atoms with E-state index in [0.717, 1.165) is 22.4 Å². The van der Waals surface area contributed by atoms with E-state index >= 15 is 0 Å². The van der Waals surface area contributed by atoms with Gasteiger partial charge < -0.3 is 19.7 Å². The number of anilines is 2. The van der Waals surface area contributed by atoms with E-state index in [2.05, 4.69) is 5.32 Å². The van der Waals surface area contributed by atoms with Crippen LogP contribution in [0.1, 0.15) is 28.7 Å². The smallest absolute Gasteiger partial charge is 0.311 e. The molecule has 36 heavy (non-hydrogen) atoms. The Morgan fingerprint density at radius 3 is 2.17 bits per heavy atom. The highest BCUT2D eigenvalue weighted by atomic mass is 16.5. The second-order valence-corrected chi connectivity index (χ2v) is 9.20. The van der Waals surface area contributed by atoms with E-state index in [0.29, 0.717) is 17.1 Å². The SMILES string of the molecule is Cc1ccc(NC(=O)COC(=O)[C@@H]2CC(=O)N(c3ccc(Oc4ccc(C)c(C)c4)cc3)C2)cc1C. The van der Waals surface area contributed by atoms with Gasteiger partial charge in [-0.15, -0.1) is 0 Å². The Hall–Kier alpha value is -4.13. The first kappa shape index (κ1) is 25.0. The lowest BCUT2D eigenvalue weighted by atomic mass is 10.1. The van der Waals surface area contributed by atoms with Crippen molar-refractivity contribution in [2.45, 2.75) is 34.1 Å². The molecule has 7 nitrogen and oxygen atoms in total. The van der Waals surface area contributed by atoms with Gasteiger partial charge in [-0.1, -0.05) is 12.1 Å². The van der Waals surface area contributed by atoms with E-state index in [1.165, 1.54) is 5.56 Å². The number of nitrogens with one attached hydrogen (secondary N) is 1. The molecule has 1 aliphatic heterocycles. The number of carbonyl (C=O) groups excluding carboxylic acids is 3. The molecular weight excluding hydrogens is 456 g/mol. The number of carbonyl (C=O) groups is 3. The van der Waals surface area contributed by atoms with E-state index in [9.17, 15) is 14.4 Å². The maximum absolute atomic E-state index is 12.6. The molecule has 1 N–H and O–H groups in total. The maximum atomic E-state index is 12.6. The van der Waals surface area contributed by atoms with Gasteiger partial charge >= 0.3 is 5.97 Å². The summed E-state index contributed by atoms with van der Waals surface area (Å²) in [5, 5.41) is 2.72. The van der Waals surface area contributed by atoms with Crippen molar-refractivity contribution in [1.82, 2.24) is 0 Å². The quantitative estimate of drug-likeness (QED) is 0.461. The van der Waals surface area contributed by atoms with Gasteiger partial charge in [0, 0.05) is 24.3 Å². The van der Waals surface area contributed by atoms with Crippen molar-refractivity contribution in [1.29, 1.82) is 0 Å². The zero-order valence-electron chi connectivity index (χ0n) is 21.0. The number of rotatable bonds is 7. The highest BCUT2D eigenvalue weighted by molar-refractivity contribution is 6.00. The number of aryl methyl sites for hydroxylation is 4. The van der Waals surface area contributed by atoms with Crippen LogP contribution in [-0.4, -0.2) is 30.9 Å². The first-order valence-electron chi connectivity index (χ1n) is 11.9. The third-order valence-electron chi connectivity index (χ3n) is 6.46. The van der Waals surface area contributed by atoms with Gasteiger partial charge in [0.25, 0.3) is 5.91 Å². The number of esters is 1. The van der Waals surface area contributed by atoms with E-state index < -0.39 is 24.4 Å². The van der Waals surface area contributed by atoms with Crippen LogP contribution < -0.4 is 15.0 Å². The summed E-state index contributed by atoms with van der Waals surface area (Å²) in [7, 11) is 0. The fourth-order valence-corrected chi connectivity index (χ4v) is 3.99. The summed E-state index contributed by atoms with van der Waals surface area (Å²) in [5.74, 6) is -0.382. The highest BCUT2D eigenvalue weighted by Gasteiger charge is 2.36. The Kier molecular flexibility index (Phi) is 7.38. The molecule has 0 unspecified atom stereocenters. The summed E-state index contributed by atoms with van der Waals surface area (Å²) in [6.45, 7) is 7.82. The summed E-state index contributed by atoms with van der Waals surface area (Å²) in [6, 6.07) is 18.6. The van der Waals surface area contributed by atoms with Crippen molar-refractivity contribution in [3.8, 4) is 11.5 Å². The van der Waals surface area contributed by atoms with E-state index in [4.69, 9.17) is 9.47 Å². The van der Waals surface area contributed by atoms with Crippen LogP contribution >= 0.6 is 0 Å². The maximum Gasteiger partial charge on any atom is 0.311 e. The van der Waals surface area contributed by atoms with Crippen LogP contribution in [0.25, 0.3) is 0 Å². The summed E-state index contributed by atoms with van der Waals surface area (Å²) in [5.41, 5.74) is 5.84. The molecule has 3 aromatic rings. The third kappa shape index (κ3) is 5.92. The van der Waals surface area contributed by atoms with Gasteiger partial charge in [0.2, 0.25) is 5.91 Å². The van der Waals surface area contributed by atoms with Crippen molar-refractivity contribution < 1.29 is 23.9 Å². The van der Waals surface area contributed by atoms with Crippen LogP contribution in [0.4, 0.5) is 11.4 Å². The van der Waals surface area contributed by atoms with E-state index in [1.807, 2.05) is 58.0 Å². The lowest BCUT2D eigenvalue weighted by Crippen LogP contribution is -2.28. The number of ether oxygens (including phenoxy) is 2. The molecular formula is C29H30N2O5. The molecule has 3 aromatic carbocycles. The molecule has 0 radical (unpaired) electrons. The minimum Gasteiger partial charge on any atom is -0.457 e. The molecule has 0 bridgehead atoms. The van der Waals surface area contributed by atoms with Crippen LogP contribution in [0.3, 0.4) is 0 Å². The predicted molar refractivity (Wildman–Crippen MR) is 138 cm³/mol. The number of hydrogen-bond donors (Lipinski definition) is 1. The zero-order chi connectivity index (χ0) is 25.8. The van der Waals surface area contributed by atoms with Crippen LogP contribution in [0.2, 0.25) is 0 Å². The minimum atomic E-state index is -0.627. The normalized spacial score (nSPS) is 15.1. The summed E-state index contributed by atoms with van der Waals surface area (Å²) in [6.07, 6.45) is 0.0402. The molecule has 1 fully saturated rings. The monoisotopic (exact) mass is 486 g/mol. The van der Waals surface area contributed by atoms with Gasteiger partial charge in [-0.2, -0.15) is 0 Å². The van der Waals surface area contributed by atoms with Gasteiger partial charge in [-0.25, -0.2) is 0 Å². The number of hydrogen-bond acceptors (Lipinski definition) is 5. The molecule has 4 rings (SSSR count). The summed E-state index contributed by atoms with van der Waals surface area (Å²) < 4.78 is 11.1. The minimum absolute atomic E-state index is 0.0402. The molecule has 0 spiro atoms. The average molecular weight is 487 g/mol. The topological polar surface area (TPSA) is 84.9 Å². The standard InChI is InChI=1S/C29H30N2O5/c1-18-5-7-23(13-20(18)3)30-27(32)17-35-29(34)22-15-28(33)31(16-22)24-8-11-25(12-9-24)36-26-10-6-19(2)21(4)14-26/h5-14,22H,15-17H2,1-4H3,(H,30,32)/t22-/m1/s1. The molecule has 1 saturated heterocycles. The Balaban J connectivity index is 1.30. The van der Waals surface area contributed by atoms with Crippen molar-refractivity contribution in [3.63, 3.8) is 0 Å². The van der Waals surface area contributed by atoms with Gasteiger partial charge in [-0.05, 0) is 98.5 Å². The molecule has 7 heteroatoms. The molecule has 1 aliphatic rings. The first-order valence-corrected chi connectivity index (χ1v) is 11.9. The Labute approximate surface area is 211 Å². The molecule has 0 aliphatic carbocycles. The number of nitrogens with zero attached hydrogens (tertiary/aromatic N) is 1. The second kappa shape index (κ2) is 10.6. The Morgan fingerprint density at radius 1 is 0.861 bits per heavy atom. The zero-order valence-corrected chi connectivity index (χ0v) is 21.0. The van der Waals surface area contributed by atoms with Gasteiger partial charge in [0.1, 0.15) is 11.5 Å². The molecule has 1 atom stereocenters. The highest BCUT2D eigenvalue weighted by Crippen LogP contribution is 2.29. The van der Waals surface area contributed by atoms with E-state index in [1.54, 1.807) is 35.2 Å². The van der Waals surface area contributed by atoms with Gasteiger partial charge in [-0.3, -0.25) is 14.4 Å². The van der Waals surface area contributed by atoms with Gasteiger partial charge in [0.15, 0.2) is 6.61 Å². The summed E-state index contributed by atoms with van der Waals surface area (Å²) >= 11 is 0. The number of benzene rings is 3. The molecule has 1 heterocycles. The van der Waals surface area contributed by atoms with Crippen molar-refractivity contribution in [2.24, 2.45) is 5.92 Å². The van der Waals surface area contributed by atoms with Crippen molar-refractivity contribution >= 4 is 29.2 Å². The lowest BCUT2D eigenvalue weighted by molar-refractivity contribution is -0.151. The second-order valence-electron chi connectivity index (χ2n) is 9.20. The molecule has 0 aromatic heterocycles. The Morgan fingerprint density at radius 2 is 1.50 bits per heavy atom. The first-order chi connectivity index (χ1) is 17.2. The van der Waals surface area contributed by atoms with Crippen LogP contribution in [0.15, 0.2) is 60.7 Å². The van der Waals surface area contributed by atoms with Crippen LogP contribution in [-0.2, 0) is 19.1 Å². The largest absolute Gasteiger partial charge is 0.457 e. The Bertz CT molecular complexity index is 1300.